The molecule has 1 fully saturated rings. The first-order valence-corrected chi connectivity index (χ1v) is 7.61. The molecule has 5 nitrogen and oxygen atoms in total. The first-order valence-electron chi connectivity index (χ1n) is 7.61. The molecule has 1 aliphatic rings. The molecule has 2 aromatic rings. The van der Waals surface area contributed by atoms with E-state index in [-0.39, 0.29) is 11.7 Å². The highest BCUT2D eigenvalue weighted by Crippen LogP contribution is 2.29. The molecule has 1 aromatic carbocycles. The summed E-state index contributed by atoms with van der Waals surface area (Å²) in [6, 6.07) is 6.76. The van der Waals surface area contributed by atoms with Crippen molar-refractivity contribution in [3.63, 3.8) is 0 Å². The number of halogens is 3. The molecule has 8 heteroatoms. The van der Waals surface area contributed by atoms with Crippen molar-refractivity contribution in [2.45, 2.75) is 32.5 Å². The van der Waals surface area contributed by atoms with Gasteiger partial charge in [0.15, 0.2) is 0 Å². The van der Waals surface area contributed by atoms with Crippen LogP contribution in [0.5, 0.6) is 0 Å². The number of amides is 1. The number of likely N-dealkylation sites (tertiary alicyclic amines) is 1. The van der Waals surface area contributed by atoms with Crippen LogP contribution in [0.3, 0.4) is 0 Å². The van der Waals surface area contributed by atoms with E-state index in [1.54, 1.807) is 29.2 Å². The number of aromatic nitrogens is 2. The van der Waals surface area contributed by atoms with Crippen molar-refractivity contribution in [3.05, 3.63) is 35.7 Å². The Morgan fingerprint density at radius 3 is 2.62 bits per heavy atom. The minimum Gasteiger partial charge on any atom is -0.338 e. The highest BCUT2D eigenvalue weighted by atomic mass is 19.4. The Balaban J connectivity index is 1.71. The summed E-state index contributed by atoms with van der Waals surface area (Å²) in [6.07, 6.45) is -3.19. The van der Waals surface area contributed by atoms with E-state index in [0.29, 0.717) is 24.4 Å². The molecule has 0 N–H and O–H groups in total. The number of hydrogen-bond donors (Lipinski definition) is 0. The zero-order valence-corrected chi connectivity index (χ0v) is 13.0. The molecular weight excluding hydrogens is 323 g/mol. The molecular formula is C16H16F3N3O2. The van der Waals surface area contributed by atoms with Crippen LogP contribution in [-0.2, 0) is 17.5 Å². The summed E-state index contributed by atoms with van der Waals surface area (Å²) in [5.74, 6) is -0.877. The van der Waals surface area contributed by atoms with E-state index in [1.807, 2.05) is 0 Å². The molecule has 24 heavy (non-hydrogen) atoms. The fraction of sp³-hybridized carbons (Fsp3) is 0.438. The van der Waals surface area contributed by atoms with Crippen molar-refractivity contribution in [3.8, 4) is 11.4 Å². The second-order valence-corrected chi connectivity index (χ2v) is 6.04. The minimum absolute atomic E-state index is 0.114. The Kier molecular flexibility index (Phi) is 4.29. The van der Waals surface area contributed by atoms with Gasteiger partial charge >= 0.3 is 12.1 Å². The van der Waals surface area contributed by atoms with Crippen molar-refractivity contribution in [1.29, 1.82) is 0 Å². The van der Waals surface area contributed by atoms with Gasteiger partial charge in [0.1, 0.15) is 0 Å². The summed E-state index contributed by atoms with van der Waals surface area (Å²) >= 11 is 0. The van der Waals surface area contributed by atoms with Crippen molar-refractivity contribution < 1.29 is 22.5 Å². The zero-order chi connectivity index (χ0) is 17.3. The maximum Gasteiger partial charge on any atom is 0.471 e. The minimum atomic E-state index is -4.66. The second kappa shape index (κ2) is 6.26. The van der Waals surface area contributed by atoms with Crippen LogP contribution in [0.25, 0.3) is 11.4 Å². The first-order chi connectivity index (χ1) is 11.3. The third-order valence-electron chi connectivity index (χ3n) is 3.99. The fourth-order valence-electron chi connectivity index (χ4n) is 2.69. The zero-order valence-electron chi connectivity index (χ0n) is 13.0. The summed E-state index contributed by atoms with van der Waals surface area (Å²) in [5, 5.41) is 3.35. The van der Waals surface area contributed by atoms with Gasteiger partial charge in [0.2, 0.25) is 11.7 Å². The number of nitrogens with zero attached hydrogens (tertiary/aromatic N) is 3. The molecule has 1 aliphatic heterocycles. The van der Waals surface area contributed by atoms with Gasteiger partial charge in [-0.1, -0.05) is 36.3 Å². The highest BCUT2D eigenvalue weighted by Gasteiger charge is 2.38. The van der Waals surface area contributed by atoms with Gasteiger partial charge < -0.3 is 9.42 Å². The van der Waals surface area contributed by atoms with Crippen LogP contribution in [0.2, 0.25) is 0 Å². The SMILES string of the molecule is CC1CCC(=O)N(Cc2ccc(-c3noc(C(F)(F)F)n3)cc2)C1. The second-order valence-electron chi connectivity index (χ2n) is 6.04. The number of carbonyl (C=O) groups excluding carboxylic acids is 1. The molecule has 1 amide bonds. The molecule has 128 valence electrons. The van der Waals surface area contributed by atoms with E-state index in [4.69, 9.17) is 0 Å². The Hall–Kier alpha value is -2.38. The number of benzene rings is 1. The molecule has 3 rings (SSSR count). The third-order valence-corrected chi connectivity index (χ3v) is 3.99. The van der Waals surface area contributed by atoms with Crippen LogP contribution in [0.1, 0.15) is 31.2 Å². The van der Waals surface area contributed by atoms with E-state index >= 15 is 0 Å². The quantitative estimate of drug-likeness (QED) is 0.858. The van der Waals surface area contributed by atoms with Gasteiger partial charge in [0.05, 0.1) is 0 Å². The number of alkyl halides is 3. The van der Waals surface area contributed by atoms with Crippen molar-refractivity contribution in [2.75, 3.05) is 6.54 Å². The van der Waals surface area contributed by atoms with Gasteiger partial charge in [0, 0.05) is 25.1 Å². The predicted molar refractivity (Wildman–Crippen MR) is 78.6 cm³/mol. The Morgan fingerprint density at radius 2 is 2.00 bits per heavy atom. The molecule has 2 heterocycles. The number of carbonyl (C=O) groups is 1. The maximum absolute atomic E-state index is 12.5. The third kappa shape index (κ3) is 3.58. The lowest BCUT2D eigenvalue weighted by Gasteiger charge is -2.30. The molecule has 1 aromatic heterocycles. The highest BCUT2D eigenvalue weighted by molar-refractivity contribution is 5.77. The number of rotatable bonds is 3. The fourth-order valence-corrected chi connectivity index (χ4v) is 2.69. The van der Waals surface area contributed by atoms with E-state index in [2.05, 4.69) is 21.6 Å². The van der Waals surface area contributed by atoms with E-state index < -0.39 is 12.1 Å². The monoisotopic (exact) mass is 339 g/mol. The van der Waals surface area contributed by atoms with Crippen LogP contribution in [0, 0.1) is 5.92 Å². The molecule has 0 saturated carbocycles. The van der Waals surface area contributed by atoms with Crippen molar-refractivity contribution in [1.82, 2.24) is 15.0 Å². The molecule has 0 bridgehead atoms. The van der Waals surface area contributed by atoms with Crippen LogP contribution < -0.4 is 0 Å². The Morgan fingerprint density at radius 1 is 1.29 bits per heavy atom. The van der Waals surface area contributed by atoms with Crippen LogP contribution >= 0.6 is 0 Å². The van der Waals surface area contributed by atoms with E-state index in [9.17, 15) is 18.0 Å². The first kappa shape index (κ1) is 16.5. The molecule has 0 radical (unpaired) electrons. The lowest BCUT2D eigenvalue weighted by molar-refractivity contribution is -0.159. The number of hydrogen-bond acceptors (Lipinski definition) is 4. The predicted octanol–water partition coefficient (Wildman–Crippen LogP) is 3.51. The average molecular weight is 339 g/mol. The average Bonchev–Trinajstić information content (AvgIpc) is 3.02. The molecule has 0 spiro atoms. The molecule has 1 saturated heterocycles. The molecule has 0 aliphatic carbocycles. The lowest BCUT2D eigenvalue weighted by atomic mass is 9.99. The Labute approximate surface area is 136 Å². The normalized spacial score (nSPS) is 18.9. The smallest absolute Gasteiger partial charge is 0.338 e. The molecule has 1 unspecified atom stereocenters. The van der Waals surface area contributed by atoms with Crippen LogP contribution in [-0.4, -0.2) is 27.5 Å². The standard InChI is InChI=1S/C16H16F3N3O2/c1-10-2-7-13(23)22(8-10)9-11-3-5-12(6-4-11)14-20-15(24-21-14)16(17,18)19/h3-6,10H,2,7-9H2,1H3. The topological polar surface area (TPSA) is 59.2 Å². The Bertz CT molecular complexity index is 725. The van der Waals surface area contributed by atoms with Gasteiger partial charge in [-0.15, -0.1) is 0 Å². The van der Waals surface area contributed by atoms with Crippen molar-refractivity contribution >= 4 is 5.91 Å². The lowest BCUT2D eigenvalue weighted by Crippen LogP contribution is -2.38. The summed E-state index contributed by atoms with van der Waals surface area (Å²) in [6.45, 7) is 3.32. The summed E-state index contributed by atoms with van der Waals surface area (Å²) in [5.41, 5.74) is 1.33. The van der Waals surface area contributed by atoms with E-state index in [0.717, 1.165) is 18.5 Å². The van der Waals surface area contributed by atoms with Crippen LogP contribution in [0.15, 0.2) is 28.8 Å². The summed E-state index contributed by atoms with van der Waals surface area (Å²) in [7, 11) is 0. The van der Waals surface area contributed by atoms with Gasteiger partial charge in [0.25, 0.3) is 0 Å². The molecule has 1 atom stereocenters. The van der Waals surface area contributed by atoms with Crippen molar-refractivity contribution in [2.24, 2.45) is 5.92 Å². The largest absolute Gasteiger partial charge is 0.471 e. The van der Waals surface area contributed by atoms with Gasteiger partial charge in [-0.2, -0.15) is 18.2 Å². The summed E-state index contributed by atoms with van der Waals surface area (Å²) in [4.78, 5) is 17.1. The van der Waals surface area contributed by atoms with Gasteiger partial charge in [-0.3, -0.25) is 4.79 Å². The van der Waals surface area contributed by atoms with Gasteiger partial charge in [-0.25, -0.2) is 0 Å². The van der Waals surface area contributed by atoms with Gasteiger partial charge in [-0.05, 0) is 17.9 Å². The number of piperidine rings is 1. The summed E-state index contributed by atoms with van der Waals surface area (Å²) < 4.78 is 41.7. The van der Waals surface area contributed by atoms with Crippen LogP contribution in [0.4, 0.5) is 13.2 Å². The maximum atomic E-state index is 12.5. The van der Waals surface area contributed by atoms with E-state index in [1.165, 1.54) is 0 Å².